The van der Waals surface area contributed by atoms with Gasteiger partial charge >= 0.3 is 0 Å². The number of nitrogens with zero attached hydrogens (tertiary/aromatic N) is 1. The average molecular weight is 383 g/mol. The lowest BCUT2D eigenvalue weighted by atomic mass is 10.1. The second-order valence-corrected chi connectivity index (χ2v) is 5.08. The Hall–Kier alpha value is -0.880. The summed E-state index contributed by atoms with van der Waals surface area (Å²) in [4.78, 5) is 2.43. The summed E-state index contributed by atoms with van der Waals surface area (Å²) in [6.07, 6.45) is 1.14. The molecule has 0 spiro atoms. The molecule has 1 aromatic carbocycles. The SMILES string of the molecule is CCN(CC)CCCNCc1cc(OC)c(OC)cc1OC.Cl.Cl. The van der Waals surface area contributed by atoms with Gasteiger partial charge in [-0.2, -0.15) is 0 Å². The van der Waals surface area contributed by atoms with Crippen LogP contribution in [0, 0.1) is 0 Å². The molecule has 0 unspecified atom stereocenters. The van der Waals surface area contributed by atoms with Crippen LogP contribution >= 0.6 is 24.8 Å². The molecule has 5 nitrogen and oxygen atoms in total. The molecular weight excluding hydrogens is 351 g/mol. The van der Waals surface area contributed by atoms with E-state index in [1.807, 2.05) is 12.1 Å². The molecule has 1 aromatic rings. The molecule has 0 aliphatic heterocycles. The zero-order valence-electron chi connectivity index (χ0n) is 15.4. The molecule has 0 atom stereocenters. The minimum absolute atomic E-state index is 0. The Labute approximate surface area is 158 Å². The molecule has 1 N–H and O–H groups in total. The largest absolute Gasteiger partial charge is 0.496 e. The van der Waals surface area contributed by atoms with Gasteiger partial charge in [-0.1, -0.05) is 13.8 Å². The van der Waals surface area contributed by atoms with Crippen LogP contribution in [0.25, 0.3) is 0 Å². The molecule has 0 aliphatic rings. The highest BCUT2D eigenvalue weighted by Crippen LogP contribution is 2.34. The van der Waals surface area contributed by atoms with E-state index in [2.05, 4.69) is 24.1 Å². The van der Waals surface area contributed by atoms with Gasteiger partial charge in [0.2, 0.25) is 0 Å². The van der Waals surface area contributed by atoms with Crippen LogP contribution in [0.1, 0.15) is 25.8 Å². The fraction of sp³-hybridized carbons (Fsp3) is 0.647. The molecule has 0 amide bonds. The molecule has 1 rings (SSSR count). The minimum atomic E-state index is 0. The fourth-order valence-electron chi connectivity index (χ4n) is 2.42. The third kappa shape index (κ3) is 7.79. The van der Waals surface area contributed by atoms with E-state index in [-0.39, 0.29) is 24.8 Å². The van der Waals surface area contributed by atoms with Gasteiger partial charge in [-0.05, 0) is 38.7 Å². The minimum Gasteiger partial charge on any atom is -0.496 e. The van der Waals surface area contributed by atoms with Gasteiger partial charge in [0.05, 0.1) is 21.3 Å². The number of halogens is 2. The van der Waals surface area contributed by atoms with Crippen LogP contribution in [0.5, 0.6) is 17.2 Å². The van der Waals surface area contributed by atoms with Crippen molar-refractivity contribution in [1.29, 1.82) is 0 Å². The van der Waals surface area contributed by atoms with Crippen molar-refractivity contribution in [2.75, 3.05) is 47.5 Å². The van der Waals surface area contributed by atoms with Gasteiger partial charge in [-0.25, -0.2) is 0 Å². The summed E-state index contributed by atoms with van der Waals surface area (Å²) in [5.74, 6) is 2.22. The summed E-state index contributed by atoms with van der Waals surface area (Å²) < 4.78 is 16.1. The third-order valence-corrected chi connectivity index (χ3v) is 3.82. The maximum Gasteiger partial charge on any atom is 0.164 e. The lowest BCUT2D eigenvalue weighted by molar-refractivity contribution is 0.297. The van der Waals surface area contributed by atoms with E-state index in [0.717, 1.165) is 56.2 Å². The molecule has 0 fully saturated rings. The van der Waals surface area contributed by atoms with E-state index in [1.165, 1.54) is 0 Å². The Balaban J connectivity index is 0. The van der Waals surface area contributed by atoms with E-state index >= 15 is 0 Å². The number of rotatable bonds is 11. The molecule has 0 radical (unpaired) electrons. The molecule has 0 bridgehead atoms. The molecule has 0 saturated carbocycles. The second kappa shape index (κ2) is 14.5. The van der Waals surface area contributed by atoms with Crippen LogP contribution < -0.4 is 19.5 Å². The highest BCUT2D eigenvalue weighted by atomic mass is 35.5. The van der Waals surface area contributed by atoms with Crippen LogP contribution in [0.2, 0.25) is 0 Å². The molecule has 7 heteroatoms. The summed E-state index contributed by atoms with van der Waals surface area (Å²) >= 11 is 0. The average Bonchev–Trinajstić information content (AvgIpc) is 2.57. The second-order valence-electron chi connectivity index (χ2n) is 5.08. The van der Waals surface area contributed by atoms with Crippen LogP contribution in [0.3, 0.4) is 0 Å². The summed E-state index contributed by atoms with van der Waals surface area (Å²) in [6.45, 7) is 9.48. The third-order valence-electron chi connectivity index (χ3n) is 3.82. The van der Waals surface area contributed by atoms with E-state index in [4.69, 9.17) is 14.2 Å². The molecule has 142 valence electrons. The van der Waals surface area contributed by atoms with Crippen molar-refractivity contribution in [3.05, 3.63) is 17.7 Å². The van der Waals surface area contributed by atoms with Crippen molar-refractivity contribution in [3.8, 4) is 17.2 Å². The van der Waals surface area contributed by atoms with Gasteiger partial charge in [-0.3, -0.25) is 0 Å². The Morgan fingerprint density at radius 2 is 1.42 bits per heavy atom. The van der Waals surface area contributed by atoms with Crippen LogP contribution in [0.4, 0.5) is 0 Å². The lowest BCUT2D eigenvalue weighted by Gasteiger charge is -2.18. The molecule has 24 heavy (non-hydrogen) atoms. The van der Waals surface area contributed by atoms with Crippen LogP contribution in [-0.2, 0) is 6.54 Å². The molecule has 0 aromatic heterocycles. The van der Waals surface area contributed by atoms with Gasteiger partial charge in [0.25, 0.3) is 0 Å². The van der Waals surface area contributed by atoms with Gasteiger partial charge in [0.15, 0.2) is 11.5 Å². The first-order chi connectivity index (χ1) is 10.7. The van der Waals surface area contributed by atoms with Gasteiger partial charge in [-0.15, -0.1) is 24.8 Å². The predicted molar refractivity (Wildman–Crippen MR) is 105 cm³/mol. The normalized spacial score (nSPS) is 9.92. The summed E-state index contributed by atoms with van der Waals surface area (Å²) in [5.41, 5.74) is 1.07. The topological polar surface area (TPSA) is 43.0 Å². The van der Waals surface area contributed by atoms with Crippen molar-refractivity contribution in [2.45, 2.75) is 26.8 Å². The Morgan fingerprint density at radius 1 is 0.875 bits per heavy atom. The standard InChI is InChI=1S/C17H30N2O3.2ClH/c1-6-19(7-2)10-8-9-18-13-14-11-16(21-4)17(22-5)12-15(14)20-3;;/h11-12,18H,6-10,13H2,1-5H3;2*1H. The van der Waals surface area contributed by atoms with E-state index < -0.39 is 0 Å². The van der Waals surface area contributed by atoms with Gasteiger partial charge in [0, 0.05) is 18.2 Å². The zero-order chi connectivity index (χ0) is 16.4. The molecule has 0 saturated heterocycles. The quantitative estimate of drug-likeness (QED) is 0.594. The van der Waals surface area contributed by atoms with Crippen molar-refractivity contribution < 1.29 is 14.2 Å². The zero-order valence-corrected chi connectivity index (χ0v) is 17.0. The first kappa shape index (κ1) is 25.4. The van der Waals surface area contributed by atoms with E-state index in [0.29, 0.717) is 5.75 Å². The van der Waals surface area contributed by atoms with Crippen molar-refractivity contribution >= 4 is 24.8 Å². The first-order valence-corrected chi connectivity index (χ1v) is 7.92. The summed E-state index contributed by atoms with van der Waals surface area (Å²) in [5, 5.41) is 3.47. The summed E-state index contributed by atoms with van der Waals surface area (Å²) in [6, 6.07) is 3.83. The van der Waals surface area contributed by atoms with Gasteiger partial charge in [0.1, 0.15) is 5.75 Å². The van der Waals surface area contributed by atoms with Gasteiger partial charge < -0.3 is 24.4 Å². The number of hydrogen-bond donors (Lipinski definition) is 1. The fourth-order valence-corrected chi connectivity index (χ4v) is 2.42. The number of nitrogens with one attached hydrogen (secondary N) is 1. The monoisotopic (exact) mass is 382 g/mol. The molecule has 0 aliphatic carbocycles. The maximum absolute atomic E-state index is 5.43. The Morgan fingerprint density at radius 3 is 1.92 bits per heavy atom. The van der Waals surface area contributed by atoms with Crippen LogP contribution in [-0.4, -0.2) is 52.4 Å². The van der Waals surface area contributed by atoms with Crippen LogP contribution in [0.15, 0.2) is 12.1 Å². The summed E-state index contributed by atoms with van der Waals surface area (Å²) in [7, 11) is 4.94. The molecular formula is C17H32Cl2N2O3. The number of ether oxygens (including phenoxy) is 3. The highest BCUT2D eigenvalue weighted by molar-refractivity contribution is 5.85. The van der Waals surface area contributed by atoms with Crippen molar-refractivity contribution in [1.82, 2.24) is 10.2 Å². The van der Waals surface area contributed by atoms with E-state index in [1.54, 1.807) is 21.3 Å². The molecule has 0 heterocycles. The number of hydrogen-bond acceptors (Lipinski definition) is 5. The van der Waals surface area contributed by atoms with Crippen molar-refractivity contribution in [2.24, 2.45) is 0 Å². The predicted octanol–water partition coefficient (Wildman–Crippen LogP) is 3.38. The smallest absolute Gasteiger partial charge is 0.164 e. The Bertz CT molecular complexity index is 444. The first-order valence-electron chi connectivity index (χ1n) is 7.92. The highest BCUT2D eigenvalue weighted by Gasteiger charge is 2.11. The lowest BCUT2D eigenvalue weighted by Crippen LogP contribution is -2.27. The number of benzene rings is 1. The van der Waals surface area contributed by atoms with Crippen molar-refractivity contribution in [3.63, 3.8) is 0 Å². The Kier molecular flexibility index (Phi) is 15.3. The van der Waals surface area contributed by atoms with E-state index in [9.17, 15) is 0 Å². The maximum atomic E-state index is 5.43. The number of methoxy groups -OCH3 is 3.